The van der Waals surface area contributed by atoms with E-state index >= 15 is 0 Å². The summed E-state index contributed by atoms with van der Waals surface area (Å²) in [5, 5.41) is 3.39. The third-order valence-electron chi connectivity index (χ3n) is 4.63. The van der Waals surface area contributed by atoms with Crippen molar-refractivity contribution in [3.05, 3.63) is 65.7 Å². The molecule has 0 amide bonds. The van der Waals surface area contributed by atoms with Crippen LogP contribution in [-0.2, 0) is 5.41 Å². The van der Waals surface area contributed by atoms with Crippen LogP contribution in [0.3, 0.4) is 0 Å². The molecule has 0 aliphatic carbocycles. The van der Waals surface area contributed by atoms with Crippen molar-refractivity contribution in [2.75, 3.05) is 13.1 Å². The molecule has 1 fully saturated rings. The van der Waals surface area contributed by atoms with Crippen molar-refractivity contribution in [2.24, 2.45) is 0 Å². The third kappa shape index (κ3) is 3.33. The summed E-state index contributed by atoms with van der Waals surface area (Å²) in [5.41, 5.74) is 2.65. The van der Waals surface area contributed by atoms with E-state index in [4.69, 9.17) is 4.74 Å². The number of rotatable bonds is 4. The highest BCUT2D eigenvalue weighted by Gasteiger charge is 2.23. The van der Waals surface area contributed by atoms with E-state index in [1.807, 2.05) is 0 Å². The number of benzene rings is 2. The minimum atomic E-state index is 0.00613. The molecule has 1 saturated heterocycles. The Balaban J connectivity index is 1.73. The number of ether oxygens (including phenoxy) is 1. The Morgan fingerprint density at radius 1 is 0.955 bits per heavy atom. The van der Waals surface area contributed by atoms with Gasteiger partial charge in [-0.25, -0.2) is 0 Å². The second-order valence-corrected chi connectivity index (χ2v) is 6.60. The van der Waals surface area contributed by atoms with Crippen molar-refractivity contribution >= 4 is 0 Å². The maximum Gasteiger partial charge on any atom is 0.119 e. The van der Waals surface area contributed by atoms with E-state index in [0.717, 1.165) is 25.3 Å². The van der Waals surface area contributed by atoms with Gasteiger partial charge < -0.3 is 10.1 Å². The first-order valence-electron chi connectivity index (χ1n) is 8.20. The SMILES string of the molecule is CC(C)(c1ccccc1)c1ccc(O[C@H]2CCCNC2)cc1. The maximum absolute atomic E-state index is 6.07. The topological polar surface area (TPSA) is 21.3 Å². The van der Waals surface area contributed by atoms with Gasteiger partial charge in [0.15, 0.2) is 0 Å². The Hall–Kier alpha value is -1.80. The van der Waals surface area contributed by atoms with Crippen LogP contribution in [0.1, 0.15) is 37.8 Å². The van der Waals surface area contributed by atoms with Crippen molar-refractivity contribution in [3.8, 4) is 5.75 Å². The van der Waals surface area contributed by atoms with Gasteiger partial charge in [-0.15, -0.1) is 0 Å². The second kappa shape index (κ2) is 6.53. The van der Waals surface area contributed by atoms with E-state index in [0.29, 0.717) is 6.10 Å². The summed E-state index contributed by atoms with van der Waals surface area (Å²) in [5.74, 6) is 0.973. The summed E-state index contributed by atoms with van der Waals surface area (Å²) in [6.45, 7) is 6.60. The molecule has 0 saturated carbocycles. The van der Waals surface area contributed by atoms with Gasteiger partial charge in [-0.2, -0.15) is 0 Å². The fourth-order valence-electron chi connectivity index (χ4n) is 3.08. The zero-order valence-corrected chi connectivity index (χ0v) is 13.5. The summed E-state index contributed by atoms with van der Waals surface area (Å²) in [7, 11) is 0. The van der Waals surface area contributed by atoms with Crippen LogP contribution >= 0.6 is 0 Å². The second-order valence-electron chi connectivity index (χ2n) is 6.60. The molecule has 2 nitrogen and oxygen atoms in total. The van der Waals surface area contributed by atoms with Gasteiger partial charge in [0.25, 0.3) is 0 Å². The molecule has 116 valence electrons. The lowest BCUT2D eigenvalue weighted by molar-refractivity contribution is 0.167. The highest BCUT2D eigenvalue weighted by atomic mass is 16.5. The van der Waals surface area contributed by atoms with Crippen LogP contribution in [0.4, 0.5) is 0 Å². The van der Waals surface area contributed by atoms with Crippen LogP contribution in [0.25, 0.3) is 0 Å². The minimum absolute atomic E-state index is 0.00613. The summed E-state index contributed by atoms with van der Waals surface area (Å²) in [4.78, 5) is 0. The van der Waals surface area contributed by atoms with Crippen molar-refractivity contribution in [1.29, 1.82) is 0 Å². The van der Waals surface area contributed by atoms with Gasteiger partial charge in [0.05, 0.1) is 0 Å². The first-order chi connectivity index (χ1) is 10.7. The molecule has 1 heterocycles. The number of nitrogens with one attached hydrogen (secondary N) is 1. The van der Waals surface area contributed by atoms with Crippen molar-refractivity contribution in [1.82, 2.24) is 5.32 Å². The predicted molar refractivity (Wildman–Crippen MR) is 91.5 cm³/mol. The molecule has 1 atom stereocenters. The molecule has 2 heteroatoms. The Morgan fingerprint density at radius 2 is 1.64 bits per heavy atom. The quantitative estimate of drug-likeness (QED) is 0.915. The predicted octanol–water partition coefficient (Wildman–Crippen LogP) is 4.14. The van der Waals surface area contributed by atoms with Crippen LogP contribution in [0.2, 0.25) is 0 Å². The highest BCUT2D eigenvalue weighted by molar-refractivity contribution is 5.39. The van der Waals surface area contributed by atoms with Crippen molar-refractivity contribution < 1.29 is 4.74 Å². The molecule has 0 spiro atoms. The average molecular weight is 295 g/mol. The molecule has 2 aromatic rings. The van der Waals surface area contributed by atoms with Crippen LogP contribution in [-0.4, -0.2) is 19.2 Å². The zero-order chi connectivity index (χ0) is 15.4. The normalized spacial score (nSPS) is 18.9. The molecule has 1 aliphatic rings. The molecule has 22 heavy (non-hydrogen) atoms. The first kappa shape index (κ1) is 15.1. The van der Waals surface area contributed by atoms with Crippen LogP contribution in [0.15, 0.2) is 54.6 Å². The number of piperidine rings is 1. The number of hydrogen-bond acceptors (Lipinski definition) is 2. The molecule has 3 rings (SSSR count). The molecule has 2 aromatic carbocycles. The molecular formula is C20H25NO. The lowest BCUT2D eigenvalue weighted by Gasteiger charge is -2.27. The van der Waals surface area contributed by atoms with E-state index in [2.05, 4.69) is 73.8 Å². The van der Waals surface area contributed by atoms with E-state index in [1.165, 1.54) is 17.5 Å². The van der Waals surface area contributed by atoms with E-state index < -0.39 is 0 Å². The summed E-state index contributed by atoms with van der Waals surface area (Å²) < 4.78 is 6.07. The minimum Gasteiger partial charge on any atom is -0.489 e. The lowest BCUT2D eigenvalue weighted by atomic mass is 9.78. The average Bonchev–Trinajstić information content (AvgIpc) is 2.57. The number of hydrogen-bond donors (Lipinski definition) is 1. The highest BCUT2D eigenvalue weighted by Crippen LogP contribution is 2.32. The fourth-order valence-corrected chi connectivity index (χ4v) is 3.08. The van der Waals surface area contributed by atoms with Gasteiger partial charge in [0.1, 0.15) is 11.9 Å². The fraction of sp³-hybridized carbons (Fsp3) is 0.400. The lowest BCUT2D eigenvalue weighted by Crippen LogP contribution is -2.37. The monoisotopic (exact) mass is 295 g/mol. The Morgan fingerprint density at radius 3 is 2.27 bits per heavy atom. The summed E-state index contributed by atoms with van der Waals surface area (Å²) in [6.07, 6.45) is 2.65. The molecule has 1 N–H and O–H groups in total. The third-order valence-corrected chi connectivity index (χ3v) is 4.63. The van der Waals surface area contributed by atoms with Crippen LogP contribution in [0, 0.1) is 0 Å². The Labute approximate surface area is 133 Å². The Bertz CT molecular complexity index is 583. The van der Waals surface area contributed by atoms with Crippen molar-refractivity contribution in [3.63, 3.8) is 0 Å². The van der Waals surface area contributed by atoms with Crippen LogP contribution in [0.5, 0.6) is 5.75 Å². The standard InChI is InChI=1S/C20H25NO/c1-20(2,16-7-4-3-5-8-16)17-10-12-18(13-11-17)22-19-9-6-14-21-15-19/h3-5,7-8,10-13,19,21H,6,9,14-15H2,1-2H3/t19-/m0/s1. The van der Waals surface area contributed by atoms with Crippen molar-refractivity contribution in [2.45, 2.75) is 38.2 Å². The zero-order valence-electron chi connectivity index (χ0n) is 13.5. The molecule has 0 bridgehead atoms. The molecular weight excluding hydrogens is 270 g/mol. The molecule has 0 unspecified atom stereocenters. The van der Waals surface area contributed by atoms with Gasteiger partial charge in [0, 0.05) is 12.0 Å². The van der Waals surface area contributed by atoms with Gasteiger partial charge >= 0.3 is 0 Å². The van der Waals surface area contributed by atoms with Gasteiger partial charge in [-0.05, 0) is 42.6 Å². The first-order valence-corrected chi connectivity index (χ1v) is 8.20. The van der Waals surface area contributed by atoms with Gasteiger partial charge in [0.2, 0.25) is 0 Å². The largest absolute Gasteiger partial charge is 0.489 e. The molecule has 0 radical (unpaired) electrons. The summed E-state index contributed by atoms with van der Waals surface area (Å²) in [6, 6.07) is 19.3. The van der Waals surface area contributed by atoms with Crippen LogP contribution < -0.4 is 10.1 Å². The van der Waals surface area contributed by atoms with E-state index in [1.54, 1.807) is 0 Å². The van der Waals surface area contributed by atoms with E-state index in [-0.39, 0.29) is 5.41 Å². The van der Waals surface area contributed by atoms with Gasteiger partial charge in [-0.1, -0.05) is 56.3 Å². The van der Waals surface area contributed by atoms with E-state index in [9.17, 15) is 0 Å². The Kier molecular flexibility index (Phi) is 4.49. The molecule has 0 aromatic heterocycles. The maximum atomic E-state index is 6.07. The van der Waals surface area contributed by atoms with Gasteiger partial charge in [-0.3, -0.25) is 0 Å². The summed E-state index contributed by atoms with van der Waals surface area (Å²) >= 11 is 0. The molecule has 1 aliphatic heterocycles. The smallest absolute Gasteiger partial charge is 0.119 e.